The number of carbonyl (C=O) groups is 2. The van der Waals surface area contributed by atoms with Gasteiger partial charge in [0.25, 0.3) is 5.91 Å². The molecule has 0 aromatic carbocycles. The molecule has 5 N–H and O–H groups in total. The fourth-order valence-electron chi connectivity index (χ4n) is 1.29. The van der Waals surface area contributed by atoms with E-state index in [9.17, 15) is 9.59 Å². The molecule has 1 aromatic rings. The van der Waals surface area contributed by atoms with Crippen LogP contribution < -0.4 is 21.9 Å². The number of carbonyl (C=O) groups excluding carboxylic acids is 2. The maximum absolute atomic E-state index is 11.6. The summed E-state index contributed by atoms with van der Waals surface area (Å²) in [6, 6.07) is 3.20. The first-order chi connectivity index (χ1) is 8.67. The maximum atomic E-state index is 11.6. The van der Waals surface area contributed by atoms with Crippen LogP contribution in [0.3, 0.4) is 0 Å². The van der Waals surface area contributed by atoms with Crippen LogP contribution in [0.4, 0.5) is 5.82 Å². The van der Waals surface area contributed by atoms with E-state index in [-0.39, 0.29) is 18.2 Å². The van der Waals surface area contributed by atoms with Crippen molar-refractivity contribution in [3.8, 4) is 0 Å². The molecule has 0 aliphatic heterocycles. The summed E-state index contributed by atoms with van der Waals surface area (Å²) in [7, 11) is 0. The standard InChI is InChI=1S/C11H17N5O2/c1-2-13-10(17)5-6-14-11(18)8-3-4-9(16-12)15-7-8/h3-4,7H,2,5-6,12H2,1H3,(H,13,17)(H,14,18)(H,15,16). The maximum Gasteiger partial charge on any atom is 0.252 e. The van der Waals surface area contributed by atoms with Gasteiger partial charge in [0.1, 0.15) is 5.82 Å². The van der Waals surface area contributed by atoms with Gasteiger partial charge in [0.05, 0.1) is 5.56 Å². The van der Waals surface area contributed by atoms with Crippen LogP contribution in [0.5, 0.6) is 0 Å². The summed E-state index contributed by atoms with van der Waals surface area (Å²) >= 11 is 0. The highest BCUT2D eigenvalue weighted by Gasteiger charge is 2.06. The second kappa shape index (κ2) is 7.23. The van der Waals surface area contributed by atoms with E-state index in [4.69, 9.17) is 5.84 Å². The Morgan fingerprint density at radius 3 is 2.67 bits per heavy atom. The van der Waals surface area contributed by atoms with Gasteiger partial charge in [-0.1, -0.05) is 0 Å². The van der Waals surface area contributed by atoms with Crippen molar-refractivity contribution in [1.82, 2.24) is 15.6 Å². The minimum absolute atomic E-state index is 0.0846. The van der Waals surface area contributed by atoms with Crippen molar-refractivity contribution in [2.24, 2.45) is 5.84 Å². The number of anilines is 1. The van der Waals surface area contributed by atoms with Gasteiger partial charge in [0, 0.05) is 25.7 Å². The van der Waals surface area contributed by atoms with E-state index in [1.165, 1.54) is 6.20 Å². The Hall–Kier alpha value is -2.15. The number of rotatable bonds is 6. The lowest BCUT2D eigenvalue weighted by Crippen LogP contribution is -2.30. The fraction of sp³-hybridized carbons (Fsp3) is 0.364. The third kappa shape index (κ3) is 4.38. The molecular formula is C11H17N5O2. The molecular weight excluding hydrogens is 234 g/mol. The molecule has 0 saturated heterocycles. The molecule has 0 fully saturated rings. The Balaban J connectivity index is 2.38. The van der Waals surface area contributed by atoms with Gasteiger partial charge in [-0.2, -0.15) is 0 Å². The number of nitrogen functional groups attached to an aromatic ring is 1. The van der Waals surface area contributed by atoms with Crippen LogP contribution in [0.1, 0.15) is 23.7 Å². The number of pyridine rings is 1. The summed E-state index contributed by atoms with van der Waals surface area (Å²) in [5, 5.41) is 5.28. The highest BCUT2D eigenvalue weighted by molar-refractivity contribution is 5.94. The number of aromatic nitrogens is 1. The van der Waals surface area contributed by atoms with E-state index in [0.29, 0.717) is 24.5 Å². The molecule has 0 spiro atoms. The summed E-state index contributed by atoms with van der Waals surface area (Å²) < 4.78 is 0. The summed E-state index contributed by atoms with van der Waals surface area (Å²) in [5.74, 6) is 5.29. The van der Waals surface area contributed by atoms with Crippen LogP contribution in [0.15, 0.2) is 18.3 Å². The molecule has 7 heteroatoms. The van der Waals surface area contributed by atoms with Gasteiger partial charge in [-0.05, 0) is 19.1 Å². The molecule has 0 aliphatic rings. The van der Waals surface area contributed by atoms with E-state index in [1.54, 1.807) is 12.1 Å². The van der Waals surface area contributed by atoms with Crippen LogP contribution in [0, 0.1) is 0 Å². The lowest BCUT2D eigenvalue weighted by atomic mass is 10.2. The smallest absolute Gasteiger partial charge is 0.252 e. The molecule has 0 unspecified atom stereocenters. The minimum atomic E-state index is -0.268. The van der Waals surface area contributed by atoms with Gasteiger partial charge >= 0.3 is 0 Å². The van der Waals surface area contributed by atoms with Crippen molar-refractivity contribution in [3.05, 3.63) is 23.9 Å². The lowest BCUT2D eigenvalue weighted by Gasteiger charge is -2.05. The quantitative estimate of drug-likeness (QED) is 0.407. The Morgan fingerprint density at radius 1 is 1.33 bits per heavy atom. The van der Waals surface area contributed by atoms with E-state index >= 15 is 0 Å². The Kier molecular flexibility index (Phi) is 5.59. The molecule has 18 heavy (non-hydrogen) atoms. The molecule has 1 rings (SSSR count). The predicted molar refractivity (Wildman–Crippen MR) is 67.7 cm³/mol. The third-order valence-corrected chi connectivity index (χ3v) is 2.19. The van der Waals surface area contributed by atoms with E-state index < -0.39 is 0 Å². The third-order valence-electron chi connectivity index (χ3n) is 2.19. The number of hydrazine groups is 1. The Labute approximate surface area is 105 Å². The first kappa shape index (κ1) is 13.9. The van der Waals surface area contributed by atoms with E-state index in [2.05, 4.69) is 21.0 Å². The summed E-state index contributed by atoms with van der Waals surface area (Å²) in [4.78, 5) is 26.7. The van der Waals surface area contributed by atoms with Crippen molar-refractivity contribution in [3.63, 3.8) is 0 Å². The van der Waals surface area contributed by atoms with Crippen molar-refractivity contribution in [2.75, 3.05) is 18.5 Å². The zero-order valence-electron chi connectivity index (χ0n) is 10.2. The topological polar surface area (TPSA) is 109 Å². The van der Waals surface area contributed by atoms with Gasteiger partial charge in [-0.3, -0.25) is 9.59 Å². The molecule has 1 aromatic heterocycles. The molecule has 0 bridgehead atoms. The highest BCUT2D eigenvalue weighted by atomic mass is 16.2. The van der Waals surface area contributed by atoms with Crippen molar-refractivity contribution >= 4 is 17.6 Å². The van der Waals surface area contributed by atoms with E-state index in [0.717, 1.165) is 0 Å². The molecule has 0 radical (unpaired) electrons. The highest BCUT2D eigenvalue weighted by Crippen LogP contribution is 2.03. The first-order valence-corrected chi connectivity index (χ1v) is 5.65. The zero-order chi connectivity index (χ0) is 13.4. The van der Waals surface area contributed by atoms with Crippen molar-refractivity contribution in [1.29, 1.82) is 0 Å². The van der Waals surface area contributed by atoms with E-state index in [1.807, 2.05) is 6.92 Å². The minimum Gasteiger partial charge on any atom is -0.356 e. The van der Waals surface area contributed by atoms with Crippen molar-refractivity contribution < 1.29 is 9.59 Å². The van der Waals surface area contributed by atoms with Crippen LogP contribution in [0.25, 0.3) is 0 Å². The number of hydrogen-bond acceptors (Lipinski definition) is 5. The molecule has 0 saturated carbocycles. The van der Waals surface area contributed by atoms with Crippen LogP contribution in [0.2, 0.25) is 0 Å². The molecule has 0 atom stereocenters. The predicted octanol–water partition coefficient (Wildman–Crippen LogP) is -0.377. The number of nitrogens with one attached hydrogen (secondary N) is 3. The molecule has 98 valence electrons. The Morgan fingerprint density at radius 2 is 2.11 bits per heavy atom. The Bertz CT molecular complexity index is 404. The number of amides is 2. The van der Waals surface area contributed by atoms with Gasteiger partial charge < -0.3 is 16.1 Å². The van der Waals surface area contributed by atoms with Crippen LogP contribution >= 0.6 is 0 Å². The fourth-order valence-corrected chi connectivity index (χ4v) is 1.29. The van der Waals surface area contributed by atoms with Gasteiger partial charge in [0.2, 0.25) is 5.91 Å². The van der Waals surface area contributed by atoms with Gasteiger partial charge in [-0.15, -0.1) is 0 Å². The van der Waals surface area contributed by atoms with Gasteiger partial charge in [-0.25, -0.2) is 10.8 Å². The summed E-state index contributed by atoms with van der Waals surface area (Å²) in [6.45, 7) is 2.72. The second-order valence-electron chi connectivity index (χ2n) is 3.54. The zero-order valence-corrected chi connectivity index (χ0v) is 10.2. The van der Waals surface area contributed by atoms with Gasteiger partial charge in [0.15, 0.2) is 0 Å². The van der Waals surface area contributed by atoms with Crippen LogP contribution in [-0.2, 0) is 4.79 Å². The molecule has 2 amide bonds. The van der Waals surface area contributed by atoms with Crippen LogP contribution in [-0.4, -0.2) is 29.9 Å². The number of nitrogens with zero attached hydrogens (tertiary/aromatic N) is 1. The SMILES string of the molecule is CCNC(=O)CCNC(=O)c1ccc(NN)nc1. The molecule has 1 heterocycles. The first-order valence-electron chi connectivity index (χ1n) is 5.65. The second-order valence-corrected chi connectivity index (χ2v) is 3.54. The summed E-state index contributed by atoms with van der Waals surface area (Å²) in [5.41, 5.74) is 2.79. The van der Waals surface area contributed by atoms with Crippen molar-refractivity contribution in [2.45, 2.75) is 13.3 Å². The average molecular weight is 251 g/mol. The summed E-state index contributed by atoms with van der Waals surface area (Å²) in [6.07, 6.45) is 1.67. The molecule has 0 aliphatic carbocycles. The number of nitrogens with two attached hydrogens (primary N) is 1. The normalized spacial score (nSPS) is 9.67. The largest absolute Gasteiger partial charge is 0.356 e. The average Bonchev–Trinajstić information content (AvgIpc) is 2.39. The molecule has 7 nitrogen and oxygen atoms in total. The lowest BCUT2D eigenvalue weighted by molar-refractivity contribution is -0.120. The monoisotopic (exact) mass is 251 g/mol. The number of hydrogen-bond donors (Lipinski definition) is 4.